The molecule has 12 heavy (non-hydrogen) atoms. The Labute approximate surface area is 72.0 Å². The average Bonchev–Trinajstić information content (AvgIpc) is 2.21. The van der Waals surface area contributed by atoms with E-state index in [1.54, 1.807) is 6.26 Å². The van der Waals surface area contributed by atoms with Gasteiger partial charge in [-0.2, -0.15) is 0 Å². The lowest BCUT2D eigenvalue weighted by Crippen LogP contribution is -1.98. The zero-order valence-electron chi connectivity index (χ0n) is 6.60. The molecule has 0 amide bonds. The summed E-state index contributed by atoms with van der Waals surface area (Å²) in [5, 5.41) is 0. The molecule has 0 saturated heterocycles. The van der Waals surface area contributed by atoms with Crippen molar-refractivity contribution >= 4 is 0 Å². The third-order valence-electron chi connectivity index (χ3n) is 1.74. The SMILES string of the molecule is [c]1ccccc1C1C=CC=CO1. The van der Waals surface area contributed by atoms with E-state index in [0.29, 0.717) is 0 Å². The maximum Gasteiger partial charge on any atom is 0.142 e. The minimum Gasteiger partial charge on any atom is -0.489 e. The molecule has 1 heterocycles. The second kappa shape index (κ2) is 3.26. The van der Waals surface area contributed by atoms with Gasteiger partial charge in [-0.3, -0.25) is 0 Å². The summed E-state index contributed by atoms with van der Waals surface area (Å²) < 4.78 is 5.37. The summed E-state index contributed by atoms with van der Waals surface area (Å²) in [6.45, 7) is 0. The molecule has 0 spiro atoms. The number of benzene rings is 1. The normalized spacial score (nSPS) is 20.5. The Bertz CT molecular complexity index is 298. The first-order chi connectivity index (χ1) is 5.97. The van der Waals surface area contributed by atoms with Crippen LogP contribution < -0.4 is 0 Å². The van der Waals surface area contributed by atoms with Crippen LogP contribution in [0.1, 0.15) is 11.7 Å². The van der Waals surface area contributed by atoms with Gasteiger partial charge in [0, 0.05) is 5.56 Å². The van der Waals surface area contributed by atoms with Gasteiger partial charge in [0.05, 0.1) is 6.26 Å². The van der Waals surface area contributed by atoms with Crippen molar-refractivity contribution in [3.05, 3.63) is 60.4 Å². The van der Waals surface area contributed by atoms with Gasteiger partial charge in [-0.05, 0) is 18.2 Å². The second-order valence-corrected chi connectivity index (χ2v) is 2.59. The zero-order chi connectivity index (χ0) is 8.23. The molecule has 0 aliphatic carbocycles. The summed E-state index contributed by atoms with van der Waals surface area (Å²) >= 11 is 0. The largest absolute Gasteiger partial charge is 0.489 e. The van der Waals surface area contributed by atoms with Crippen LogP contribution in [0.25, 0.3) is 0 Å². The Kier molecular flexibility index (Phi) is 1.95. The summed E-state index contributed by atoms with van der Waals surface area (Å²) in [7, 11) is 0. The van der Waals surface area contributed by atoms with Crippen molar-refractivity contribution in [2.75, 3.05) is 0 Å². The summed E-state index contributed by atoms with van der Waals surface area (Å²) in [5.74, 6) is 0. The summed E-state index contributed by atoms with van der Waals surface area (Å²) in [4.78, 5) is 0. The Balaban J connectivity index is 2.21. The molecule has 1 nitrogen and oxygen atoms in total. The minimum atomic E-state index is 0.0381. The van der Waals surface area contributed by atoms with E-state index in [4.69, 9.17) is 4.74 Å². The maximum atomic E-state index is 5.37. The summed E-state index contributed by atoms with van der Waals surface area (Å²) in [6.07, 6.45) is 7.60. The number of allylic oxidation sites excluding steroid dienone is 2. The highest BCUT2D eigenvalue weighted by Gasteiger charge is 2.07. The Morgan fingerprint density at radius 3 is 2.92 bits per heavy atom. The Morgan fingerprint density at radius 2 is 2.25 bits per heavy atom. The van der Waals surface area contributed by atoms with Gasteiger partial charge in [0.2, 0.25) is 0 Å². The smallest absolute Gasteiger partial charge is 0.142 e. The van der Waals surface area contributed by atoms with E-state index in [1.807, 2.05) is 42.5 Å². The molecule has 1 aromatic carbocycles. The van der Waals surface area contributed by atoms with Gasteiger partial charge in [-0.25, -0.2) is 0 Å². The van der Waals surface area contributed by atoms with E-state index in [-0.39, 0.29) is 6.10 Å². The Morgan fingerprint density at radius 1 is 1.25 bits per heavy atom. The van der Waals surface area contributed by atoms with Crippen LogP contribution in [-0.4, -0.2) is 0 Å². The number of ether oxygens (including phenoxy) is 1. The van der Waals surface area contributed by atoms with Gasteiger partial charge in [0.1, 0.15) is 6.10 Å². The molecule has 0 fully saturated rings. The van der Waals surface area contributed by atoms with E-state index >= 15 is 0 Å². The molecular weight excluding hydrogens is 148 g/mol. The average molecular weight is 157 g/mol. The van der Waals surface area contributed by atoms with Crippen molar-refractivity contribution in [3.63, 3.8) is 0 Å². The molecule has 1 aliphatic rings. The maximum absolute atomic E-state index is 5.37. The van der Waals surface area contributed by atoms with Crippen molar-refractivity contribution in [3.8, 4) is 0 Å². The zero-order valence-corrected chi connectivity index (χ0v) is 6.60. The van der Waals surface area contributed by atoms with Crippen molar-refractivity contribution in [1.82, 2.24) is 0 Å². The molecule has 1 aromatic rings. The van der Waals surface area contributed by atoms with Crippen molar-refractivity contribution in [1.29, 1.82) is 0 Å². The molecule has 0 saturated carbocycles. The first kappa shape index (κ1) is 7.17. The van der Waals surface area contributed by atoms with Crippen LogP contribution in [0.3, 0.4) is 0 Å². The predicted octanol–water partition coefficient (Wildman–Crippen LogP) is 2.63. The standard InChI is InChI=1S/C11H9O/c1-2-6-10(7-3-1)11-8-4-5-9-12-11/h1-6,8-9,11H. The molecule has 1 unspecified atom stereocenters. The van der Waals surface area contributed by atoms with Gasteiger partial charge < -0.3 is 4.74 Å². The third kappa shape index (κ3) is 1.40. The molecule has 0 aromatic heterocycles. The van der Waals surface area contributed by atoms with Crippen LogP contribution in [0, 0.1) is 6.07 Å². The quantitative estimate of drug-likeness (QED) is 0.609. The lowest BCUT2D eigenvalue weighted by atomic mass is 10.1. The van der Waals surface area contributed by atoms with Crippen LogP contribution in [0.2, 0.25) is 0 Å². The lowest BCUT2D eigenvalue weighted by molar-refractivity contribution is 0.186. The van der Waals surface area contributed by atoms with Crippen LogP contribution in [0.5, 0.6) is 0 Å². The summed E-state index contributed by atoms with van der Waals surface area (Å²) in [6, 6.07) is 11.0. The fourth-order valence-corrected chi connectivity index (χ4v) is 1.15. The third-order valence-corrected chi connectivity index (χ3v) is 1.74. The highest BCUT2D eigenvalue weighted by atomic mass is 16.5. The topological polar surface area (TPSA) is 9.23 Å². The van der Waals surface area contributed by atoms with E-state index in [1.165, 1.54) is 0 Å². The van der Waals surface area contributed by atoms with Crippen LogP contribution in [0.4, 0.5) is 0 Å². The van der Waals surface area contributed by atoms with E-state index in [0.717, 1.165) is 5.56 Å². The predicted molar refractivity (Wildman–Crippen MR) is 47.4 cm³/mol. The van der Waals surface area contributed by atoms with Gasteiger partial charge in [-0.15, -0.1) is 0 Å². The van der Waals surface area contributed by atoms with E-state index in [9.17, 15) is 0 Å². The first-order valence-corrected chi connectivity index (χ1v) is 3.92. The molecule has 0 bridgehead atoms. The second-order valence-electron chi connectivity index (χ2n) is 2.59. The molecule has 1 aliphatic heterocycles. The fourth-order valence-electron chi connectivity index (χ4n) is 1.15. The molecule has 0 N–H and O–H groups in total. The van der Waals surface area contributed by atoms with E-state index < -0.39 is 0 Å². The first-order valence-electron chi connectivity index (χ1n) is 3.92. The summed E-state index contributed by atoms with van der Waals surface area (Å²) in [5.41, 5.74) is 1.07. The monoisotopic (exact) mass is 157 g/mol. The van der Waals surface area contributed by atoms with Crippen LogP contribution >= 0.6 is 0 Å². The number of hydrogen-bond acceptors (Lipinski definition) is 1. The fraction of sp³-hybridized carbons (Fsp3) is 0.0909. The molecular formula is C11H9O. The van der Waals surface area contributed by atoms with E-state index in [2.05, 4.69) is 6.07 Å². The Hall–Kier alpha value is -1.50. The van der Waals surface area contributed by atoms with Gasteiger partial charge in [-0.1, -0.05) is 30.3 Å². The van der Waals surface area contributed by atoms with Crippen molar-refractivity contribution in [2.24, 2.45) is 0 Å². The molecule has 2 rings (SSSR count). The van der Waals surface area contributed by atoms with Gasteiger partial charge in [0.15, 0.2) is 0 Å². The lowest BCUT2D eigenvalue weighted by Gasteiger charge is -2.14. The molecule has 1 radical (unpaired) electrons. The number of rotatable bonds is 1. The highest BCUT2D eigenvalue weighted by molar-refractivity contribution is 5.23. The van der Waals surface area contributed by atoms with Gasteiger partial charge in [0.25, 0.3) is 0 Å². The van der Waals surface area contributed by atoms with Gasteiger partial charge >= 0.3 is 0 Å². The van der Waals surface area contributed by atoms with Crippen molar-refractivity contribution in [2.45, 2.75) is 6.10 Å². The molecule has 59 valence electrons. The van der Waals surface area contributed by atoms with Crippen molar-refractivity contribution < 1.29 is 4.74 Å². The van der Waals surface area contributed by atoms with Crippen LogP contribution in [-0.2, 0) is 4.74 Å². The number of hydrogen-bond donors (Lipinski definition) is 0. The molecule has 1 heteroatoms. The highest BCUT2D eigenvalue weighted by Crippen LogP contribution is 2.20. The molecule has 1 atom stereocenters. The minimum absolute atomic E-state index is 0.0381. The van der Waals surface area contributed by atoms with Crippen LogP contribution in [0.15, 0.2) is 48.8 Å².